The topological polar surface area (TPSA) is 46.0 Å². The second-order valence-electron chi connectivity index (χ2n) is 7.42. The highest BCUT2D eigenvalue weighted by molar-refractivity contribution is 5.71. The van der Waals surface area contributed by atoms with Crippen LogP contribution >= 0.6 is 0 Å². The number of fused-ring (bicyclic) bond motifs is 2. The summed E-state index contributed by atoms with van der Waals surface area (Å²) in [4.78, 5) is 0. The van der Waals surface area contributed by atoms with Crippen LogP contribution in [0.15, 0.2) is 60.7 Å². The maximum Gasteiger partial charge on any atom is 0.0964 e. The Bertz CT molecular complexity index is 819. The summed E-state index contributed by atoms with van der Waals surface area (Å²) in [6.45, 7) is 0. The third-order valence-corrected chi connectivity index (χ3v) is 5.88. The van der Waals surface area contributed by atoms with Crippen molar-refractivity contribution < 1.29 is 5.11 Å². The van der Waals surface area contributed by atoms with Crippen LogP contribution in [-0.4, -0.2) is 22.4 Å². The van der Waals surface area contributed by atoms with Crippen molar-refractivity contribution in [3.8, 4) is 22.5 Å². The number of aliphatic hydroxyl groups excluding tert-OH is 1. The van der Waals surface area contributed by atoms with Crippen molar-refractivity contribution in [3.05, 3.63) is 71.8 Å². The molecule has 3 heteroatoms. The van der Waals surface area contributed by atoms with E-state index >= 15 is 0 Å². The molecule has 1 unspecified atom stereocenters. The molecule has 1 aromatic heterocycles. The van der Waals surface area contributed by atoms with Gasteiger partial charge < -0.3 is 5.11 Å². The number of nitrogens with zero attached hydrogens (tertiary/aromatic N) is 2. The summed E-state index contributed by atoms with van der Waals surface area (Å²) in [5, 5.41) is 16.4. The number of aliphatic hydroxyl groups is 1. The average molecular weight is 358 g/mol. The third-order valence-electron chi connectivity index (χ3n) is 5.88. The van der Waals surface area contributed by atoms with E-state index in [9.17, 15) is 0 Å². The molecule has 0 spiro atoms. The lowest BCUT2D eigenvalue weighted by Gasteiger charge is -2.19. The molecular formula is C24H26N2O. The fraction of sp³-hybridized carbons (Fsp3) is 0.333. The average Bonchev–Trinajstić information content (AvgIpc) is 3.48. The van der Waals surface area contributed by atoms with Crippen molar-refractivity contribution in [2.24, 2.45) is 11.8 Å². The highest BCUT2D eigenvalue weighted by Crippen LogP contribution is 2.48. The van der Waals surface area contributed by atoms with E-state index in [1.54, 1.807) is 0 Å². The minimum Gasteiger partial charge on any atom is -0.400 e. The fourth-order valence-corrected chi connectivity index (χ4v) is 4.38. The number of rotatable bonds is 2. The van der Waals surface area contributed by atoms with Gasteiger partial charge in [-0.05, 0) is 55.1 Å². The van der Waals surface area contributed by atoms with E-state index in [0.29, 0.717) is 0 Å². The van der Waals surface area contributed by atoms with Gasteiger partial charge in [0.1, 0.15) is 0 Å². The molecule has 1 saturated carbocycles. The normalized spacial score (nSPS) is 20.2. The summed E-state index contributed by atoms with van der Waals surface area (Å²) < 4.78 is 0. The Morgan fingerprint density at radius 2 is 1.07 bits per heavy atom. The van der Waals surface area contributed by atoms with Gasteiger partial charge in [0.15, 0.2) is 0 Å². The van der Waals surface area contributed by atoms with Crippen LogP contribution in [0.2, 0.25) is 0 Å². The molecular weight excluding hydrogens is 332 g/mol. The van der Waals surface area contributed by atoms with E-state index in [1.807, 2.05) is 0 Å². The minimum absolute atomic E-state index is 0.949. The quantitative estimate of drug-likeness (QED) is 0.706. The number of hydrogen-bond acceptors (Lipinski definition) is 3. The molecule has 0 radical (unpaired) electrons. The van der Waals surface area contributed by atoms with Crippen LogP contribution in [0.4, 0.5) is 0 Å². The van der Waals surface area contributed by atoms with E-state index in [2.05, 4.69) is 60.7 Å². The van der Waals surface area contributed by atoms with Gasteiger partial charge >= 0.3 is 0 Å². The maximum absolute atomic E-state index is 7.00. The maximum atomic E-state index is 7.00. The molecule has 138 valence electrons. The Labute approximate surface area is 161 Å². The summed E-state index contributed by atoms with van der Waals surface area (Å²) in [5.41, 5.74) is 7.44. The molecule has 1 N–H and O–H groups in total. The molecule has 0 amide bonds. The van der Waals surface area contributed by atoms with Crippen molar-refractivity contribution in [2.45, 2.75) is 32.1 Å². The van der Waals surface area contributed by atoms with Crippen molar-refractivity contribution in [3.63, 3.8) is 0 Å². The van der Waals surface area contributed by atoms with Crippen LogP contribution in [-0.2, 0) is 12.8 Å². The van der Waals surface area contributed by atoms with Crippen LogP contribution < -0.4 is 0 Å². The zero-order valence-electron chi connectivity index (χ0n) is 15.8. The van der Waals surface area contributed by atoms with Gasteiger partial charge in [0, 0.05) is 18.2 Å². The second kappa shape index (κ2) is 8.01. The Morgan fingerprint density at radius 1 is 0.667 bits per heavy atom. The Kier molecular flexibility index (Phi) is 5.30. The SMILES string of the molecule is CO.c1ccc(-c2nnc(-c3ccccc3)c3c2CCC2C[C@H]2CC3)cc1. The number of hydrogen-bond donors (Lipinski definition) is 1. The molecule has 0 aliphatic heterocycles. The van der Waals surface area contributed by atoms with Crippen molar-refractivity contribution in [1.82, 2.24) is 10.2 Å². The smallest absolute Gasteiger partial charge is 0.0964 e. The lowest BCUT2D eigenvalue weighted by atomic mass is 9.88. The van der Waals surface area contributed by atoms with Gasteiger partial charge in [-0.2, -0.15) is 0 Å². The van der Waals surface area contributed by atoms with Crippen LogP contribution in [0, 0.1) is 11.8 Å². The summed E-state index contributed by atoms with van der Waals surface area (Å²) in [6, 6.07) is 21.1. The number of benzene rings is 2. The summed E-state index contributed by atoms with van der Waals surface area (Å²) in [7, 11) is 1.00. The van der Waals surface area contributed by atoms with E-state index in [1.165, 1.54) is 41.5 Å². The molecule has 5 rings (SSSR count). The zero-order chi connectivity index (χ0) is 18.6. The molecule has 0 bridgehead atoms. The fourth-order valence-electron chi connectivity index (χ4n) is 4.38. The van der Waals surface area contributed by atoms with E-state index < -0.39 is 0 Å². The van der Waals surface area contributed by atoms with Crippen molar-refractivity contribution in [1.29, 1.82) is 0 Å². The third kappa shape index (κ3) is 3.65. The Balaban J connectivity index is 0.000000872. The first kappa shape index (κ1) is 17.9. The van der Waals surface area contributed by atoms with Crippen LogP contribution in [0.25, 0.3) is 22.5 Å². The van der Waals surface area contributed by atoms with Gasteiger partial charge in [-0.3, -0.25) is 0 Å². The summed E-state index contributed by atoms with van der Waals surface area (Å²) in [5.74, 6) is 1.90. The van der Waals surface area contributed by atoms with Gasteiger partial charge in [-0.25, -0.2) is 0 Å². The molecule has 1 fully saturated rings. The van der Waals surface area contributed by atoms with E-state index in [-0.39, 0.29) is 0 Å². The molecule has 3 aromatic rings. The van der Waals surface area contributed by atoms with Gasteiger partial charge in [0.05, 0.1) is 11.4 Å². The molecule has 2 atom stereocenters. The molecule has 2 aliphatic rings. The van der Waals surface area contributed by atoms with E-state index in [4.69, 9.17) is 15.3 Å². The lowest BCUT2D eigenvalue weighted by Crippen LogP contribution is -2.09. The largest absolute Gasteiger partial charge is 0.400 e. The highest BCUT2D eigenvalue weighted by Gasteiger charge is 2.38. The predicted octanol–water partition coefficient (Wildman–Crippen LogP) is 4.93. The zero-order valence-corrected chi connectivity index (χ0v) is 15.8. The van der Waals surface area contributed by atoms with Crippen molar-refractivity contribution >= 4 is 0 Å². The minimum atomic E-state index is 0.949. The van der Waals surface area contributed by atoms with E-state index in [0.717, 1.165) is 43.2 Å². The Morgan fingerprint density at radius 3 is 1.48 bits per heavy atom. The Hall–Kier alpha value is -2.52. The molecule has 1 heterocycles. The predicted molar refractivity (Wildman–Crippen MR) is 109 cm³/mol. The highest BCUT2D eigenvalue weighted by atomic mass is 16.2. The van der Waals surface area contributed by atoms with Gasteiger partial charge in [-0.1, -0.05) is 60.7 Å². The standard InChI is InChI=1S/C23H22N2.CH4O/c1-3-7-16(8-4-1)22-20-13-11-18-15-19(18)12-14-21(20)23(25-24-22)17-9-5-2-6-10-17;1-2/h1-10,18-19H,11-15H2;2H,1H3/t18-,19?;/m1./s1. The molecule has 0 saturated heterocycles. The summed E-state index contributed by atoms with van der Waals surface area (Å²) >= 11 is 0. The van der Waals surface area contributed by atoms with Crippen LogP contribution in [0.3, 0.4) is 0 Å². The van der Waals surface area contributed by atoms with Crippen LogP contribution in [0.1, 0.15) is 30.4 Å². The molecule has 3 nitrogen and oxygen atoms in total. The lowest BCUT2D eigenvalue weighted by molar-refractivity contribution is 0.399. The van der Waals surface area contributed by atoms with Gasteiger partial charge in [-0.15, -0.1) is 10.2 Å². The first-order valence-electron chi connectivity index (χ1n) is 9.84. The monoisotopic (exact) mass is 358 g/mol. The molecule has 2 aliphatic carbocycles. The van der Waals surface area contributed by atoms with Gasteiger partial charge in [0.25, 0.3) is 0 Å². The van der Waals surface area contributed by atoms with Crippen LogP contribution in [0.5, 0.6) is 0 Å². The van der Waals surface area contributed by atoms with Gasteiger partial charge in [0.2, 0.25) is 0 Å². The summed E-state index contributed by atoms with van der Waals surface area (Å²) in [6.07, 6.45) is 6.30. The second-order valence-corrected chi connectivity index (χ2v) is 7.42. The molecule has 2 aromatic carbocycles. The first-order chi connectivity index (χ1) is 13.4. The first-order valence-corrected chi connectivity index (χ1v) is 9.84. The molecule has 27 heavy (non-hydrogen) atoms. The number of aromatic nitrogens is 2. The van der Waals surface area contributed by atoms with Crippen molar-refractivity contribution in [2.75, 3.05) is 7.11 Å².